The number of rotatable bonds is 4. The van der Waals surface area contributed by atoms with Crippen LogP contribution in [0.5, 0.6) is 0 Å². The highest BCUT2D eigenvalue weighted by atomic mass is 16.3. The number of hydrogen-bond donors (Lipinski definition) is 3. The van der Waals surface area contributed by atoms with Crippen LogP contribution in [0.1, 0.15) is 19.3 Å². The van der Waals surface area contributed by atoms with Crippen LogP contribution < -0.4 is 11.1 Å². The summed E-state index contributed by atoms with van der Waals surface area (Å²) < 4.78 is 0. The van der Waals surface area contributed by atoms with Gasteiger partial charge in [0.25, 0.3) is 0 Å². The number of aliphatic hydroxyl groups is 1. The van der Waals surface area contributed by atoms with Gasteiger partial charge in [0.1, 0.15) is 0 Å². The van der Waals surface area contributed by atoms with Gasteiger partial charge in [-0.05, 0) is 19.3 Å². The van der Waals surface area contributed by atoms with Crippen molar-refractivity contribution in [3.63, 3.8) is 0 Å². The molecule has 3 heteroatoms. The van der Waals surface area contributed by atoms with Crippen LogP contribution in [0, 0.1) is 0 Å². The molecule has 0 saturated heterocycles. The lowest BCUT2D eigenvalue weighted by molar-refractivity contribution is -0.0309. The third-order valence-corrected chi connectivity index (χ3v) is 2.06. The lowest BCUT2D eigenvalue weighted by atomic mass is 9.80. The van der Waals surface area contributed by atoms with E-state index in [1.54, 1.807) is 0 Å². The van der Waals surface area contributed by atoms with E-state index in [1.165, 1.54) is 6.42 Å². The summed E-state index contributed by atoms with van der Waals surface area (Å²) in [5.41, 5.74) is 4.88. The summed E-state index contributed by atoms with van der Waals surface area (Å²) in [5.74, 6) is 0. The SMILES string of the molecule is NCCNCC1(O)CCC1. The minimum Gasteiger partial charge on any atom is -0.389 e. The Labute approximate surface area is 61.6 Å². The van der Waals surface area contributed by atoms with Gasteiger partial charge in [0, 0.05) is 19.6 Å². The lowest BCUT2D eigenvalue weighted by Crippen LogP contribution is -2.47. The molecule has 1 aliphatic carbocycles. The van der Waals surface area contributed by atoms with Gasteiger partial charge in [0.15, 0.2) is 0 Å². The highest BCUT2D eigenvalue weighted by molar-refractivity contribution is 4.89. The van der Waals surface area contributed by atoms with E-state index < -0.39 is 5.60 Å². The van der Waals surface area contributed by atoms with Crippen LogP contribution in [-0.2, 0) is 0 Å². The maximum Gasteiger partial charge on any atom is 0.0771 e. The summed E-state index contributed by atoms with van der Waals surface area (Å²) in [6.45, 7) is 2.17. The van der Waals surface area contributed by atoms with Gasteiger partial charge in [-0.15, -0.1) is 0 Å². The van der Waals surface area contributed by atoms with E-state index in [2.05, 4.69) is 5.32 Å². The molecule has 0 aromatic rings. The molecule has 1 aliphatic rings. The first-order valence-electron chi connectivity index (χ1n) is 3.90. The zero-order chi connectivity index (χ0) is 7.45. The Morgan fingerprint density at radius 3 is 2.60 bits per heavy atom. The molecule has 0 bridgehead atoms. The van der Waals surface area contributed by atoms with Gasteiger partial charge in [-0.3, -0.25) is 0 Å². The molecule has 0 aromatic carbocycles. The minimum atomic E-state index is -0.394. The van der Waals surface area contributed by atoms with Crippen LogP contribution in [0.25, 0.3) is 0 Å². The summed E-state index contributed by atoms with van der Waals surface area (Å²) in [7, 11) is 0. The maximum atomic E-state index is 9.53. The number of hydrogen-bond acceptors (Lipinski definition) is 3. The Morgan fingerprint density at radius 1 is 1.50 bits per heavy atom. The van der Waals surface area contributed by atoms with Crippen molar-refractivity contribution in [1.82, 2.24) is 5.32 Å². The predicted octanol–water partition coefficient (Wildman–Crippen LogP) is -0.550. The van der Waals surface area contributed by atoms with Crippen molar-refractivity contribution in [2.24, 2.45) is 5.73 Å². The van der Waals surface area contributed by atoms with Gasteiger partial charge in [-0.2, -0.15) is 0 Å². The molecule has 1 rings (SSSR count). The van der Waals surface area contributed by atoms with E-state index in [9.17, 15) is 5.11 Å². The minimum absolute atomic E-state index is 0.394. The normalized spacial score (nSPS) is 22.2. The molecule has 0 amide bonds. The standard InChI is InChI=1S/C7H16N2O/c8-4-5-9-6-7(10)2-1-3-7/h9-10H,1-6,8H2. The fourth-order valence-electron chi connectivity index (χ4n) is 1.18. The van der Waals surface area contributed by atoms with Crippen LogP contribution in [0.15, 0.2) is 0 Å². The molecule has 3 nitrogen and oxygen atoms in total. The van der Waals surface area contributed by atoms with Crippen LogP contribution in [0.4, 0.5) is 0 Å². The van der Waals surface area contributed by atoms with Crippen molar-refractivity contribution in [1.29, 1.82) is 0 Å². The second-order valence-corrected chi connectivity index (χ2v) is 3.04. The Kier molecular flexibility index (Phi) is 2.65. The third kappa shape index (κ3) is 1.94. The molecule has 0 unspecified atom stereocenters. The fourth-order valence-corrected chi connectivity index (χ4v) is 1.18. The molecule has 0 atom stereocenters. The molecule has 0 heterocycles. The summed E-state index contributed by atoms with van der Waals surface area (Å²) >= 11 is 0. The highest BCUT2D eigenvalue weighted by Crippen LogP contribution is 2.30. The Bertz CT molecular complexity index is 102. The maximum absolute atomic E-state index is 9.53. The van der Waals surface area contributed by atoms with Gasteiger partial charge in [-0.1, -0.05) is 0 Å². The van der Waals surface area contributed by atoms with Gasteiger partial charge in [0.2, 0.25) is 0 Å². The Morgan fingerprint density at radius 2 is 2.20 bits per heavy atom. The first-order chi connectivity index (χ1) is 4.77. The molecular weight excluding hydrogens is 128 g/mol. The Hall–Kier alpha value is -0.120. The van der Waals surface area contributed by atoms with E-state index in [0.29, 0.717) is 13.1 Å². The van der Waals surface area contributed by atoms with Crippen LogP contribution in [0.2, 0.25) is 0 Å². The van der Waals surface area contributed by atoms with Gasteiger partial charge in [0.05, 0.1) is 5.60 Å². The van der Waals surface area contributed by atoms with Crippen LogP contribution in [0.3, 0.4) is 0 Å². The van der Waals surface area contributed by atoms with E-state index in [1.807, 2.05) is 0 Å². The number of nitrogens with one attached hydrogen (secondary N) is 1. The van der Waals surface area contributed by atoms with Gasteiger partial charge < -0.3 is 16.2 Å². The molecule has 1 saturated carbocycles. The highest BCUT2D eigenvalue weighted by Gasteiger charge is 2.33. The summed E-state index contributed by atoms with van der Waals surface area (Å²) in [4.78, 5) is 0. The summed E-state index contributed by atoms with van der Waals surface area (Å²) in [6.07, 6.45) is 3.07. The molecule has 0 radical (unpaired) electrons. The van der Waals surface area contributed by atoms with E-state index in [0.717, 1.165) is 19.4 Å². The van der Waals surface area contributed by atoms with Crippen LogP contribution in [-0.4, -0.2) is 30.3 Å². The largest absolute Gasteiger partial charge is 0.389 e. The van der Waals surface area contributed by atoms with Crippen LogP contribution >= 0.6 is 0 Å². The molecule has 0 aliphatic heterocycles. The van der Waals surface area contributed by atoms with Crippen molar-refractivity contribution < 1.29 is 5.11 Å². The molecule has 60 valence electrons. The molecule has 0 aromatic heterocycles. The summed E-state index contributed by atoms with van der Waals surface area (Å²) in [6, 6.07) is 0. The average Bonchev–Trinajstić information content (AvgIpc) is 1.85. The first kappa shape index (κ1) is 7.98. The monoisotopic (exact) mass is 144 g/mol. The average molecular weight is 144 g/mol. The molecule has 1 fully saturated rings. The second-order valence-electron chi connectivity index (χ2n) is 3.04. The Balaban J connectivity index is 2.01. The van der Waals surface area contributed by atoms with E-state index in [4.69, 9.17) is 5.73 Å². The third-order valence-electron chi connectivity index (χ3n) is 2.06. The summed E-state index contributed by atoms with van der Waals surface area (Å²) in [5, 5.41) is 12.6. The zero-order valence-corrected chi connectivity index (χ0v) is 6.27. The molecule has 10 heavy (non-hydrogen) atoms. The van der Waals surface area contributed by atoms with Crippen molar-refractivity contribution in [3.05, 3.63) is 0 Å². The molecular formula is C7H16N2O. The van der Waals surface area contributed by atoms with Crippen molar-refractivity contribution in [2.45, 2.75) is 24.9 Å². The quantitative estimate of drug-likeness (QED) is 0.464. The number of nitrogens with two attached hydrogens (primary N) is 1. The first-order valence-corrected chi connectivity index (χ1v) is 3.90. The smallest absolute Gasteiger partial charge is 0.0771 e. The van der Waals surface area contributed by atoms with Crippen molar-refractivity contribution in [3.8, 4) is 0 Å². The second kappa shape index (κ2) is 3.32. The van der Waals surface area contributed by atoms with Crippen molar-refractivity contribution in [2.75, 3.05) is 19.6 Å². The topological polar surface area (TPSA) is 58.3 Å². The molecule has 0 spiro atoms. The fraction of sp³-hybridized carbons (Fsp3) is 1.00. The van der Waals surface area contributed by atoms with Gasteiger partial charge >= 0.3 is 0 Å². The van der Waals surface area contributed by atoms with E-state index in [-0.39, 0.29) is 0 Å². The zero-order valence-electron chi connectivity index (χ0n) is 6.27. The molecule has 4 N–H and O–H groups in total. The van der Waals surface area contributed by atoms with Gasteiger partial charge in [-0.25, -0.2) is 0 Å². The lowest BCUT2D eigenvalue weighted by Gasteiger charge is -2.36. The van der Waals surface area contributed by atoms with E-state index >= 15 is 0 Å². The van der Waals surface area contributed by atoms with Crippen molar-refractivity contribution >= 4 is 0 Å². The predicted molar refractivity (Wildman–Crippen MR) is 40.7 cm³/mol.